The number of hydrogen-bond donors (Lipinski definition) is 1. The summed E-state index contributed by atoms with van der Waals surface area (Å²) in [4.78, 5) is 30.0. The molecule has 1 heterocycles. The van der Waals surface area contributed by atoms with E-state index in [4.69, 9.17) is 11.6 Å². The van der Waals surface area contributed by atoms with Crippen LogP contribution >= 0.6 is 11.6 Å². The van der Waals surface area contributed by atoms with Crippen LogP contribution in [0.25, 0.3) is 11.1 Å². The molecule has 0 aliphatic heterocycles. The number of Topliss-reactive ketones (excluding diaryl/α,β-unsaturated/α-hetero) is 1. The molecule has 3 aromatic rings. The molecule has 0 saturated carbocycles. The first-order valence-corrected chi connectivity index (χ1v) is 10.1. The average molecular weight is 423 g/mol. The summed E-state index contributed by atoms with van der Waals surface area (Å²) in [6.07, 6.45) is 2.88. The highest BCUT2D eigenvalue weighted by atomic mass is 35.5. The van der Waals surface area contributed by atoms with Crippen LogP contribution in [0.4, 0.5) is 5.69 Å². The number of anilines is 1. The zero-order chi connectivity index (χ0) is 21.7. The Hall–Kier alpha value is -3.18. The third kappa shape index (κ3) is 5.05. The molecule has 1 amide bonds. The summed E-state index contributed by atoms with van der Waals surface area (Å²) in [6, 6.07) is 16.1. The maximum Gasteiger partial charge on any atom is 0.226 e. The molecule has 0 fully saturated rings. The summed E-state index contributed by atoms with van der Waals surface area (Å²) in [5, 5.41) is 10.8. The molecule has 30 heavy (non-hydrogen) atoms. The Bertz CT molecular complexity index is 1050. The molecule has 0 aliphatic carbocycles. The normalized spacial score (nSPS) is 10.6. The molecule has 0 saturated heterocycles. The van der Waals surface area contributed by atoms with Gasteiger partial charge in [0.1, 0.15) is 10.9 Å². The van der Waals surface area contributed by atoms with Crippen LogP contribution in [0, 0.1) is 0 Å². The van der Waals surface area contributed by atoms with Crippen LogP contribution in [-0.2, 0) is 11.2 Å². The second kappa shape index (κ2) is 9.55. The van der Waals surface area contributed by atoms with E-state index in [-0.39, 0.29) is 23.9 Å². The zero-order valence-electron chi connectivity index (χ0n) is 16.9. The minimum Gasteiger partial charge on any atom is -0.507 e. The number of nitrogens with zero attached hydrogens (tertiary/aromatic N) is 2. The van der Waals surface area contributed by atoms with E-state index in [2.05, 4.69) is 4.98 Å². The van der Waals surface area contributed by atoms with E-state index < -0.39 is 0 Å². The second-order valence-corrected chi connectivity index (χ2v) is 7.38. The van der Waals surface area contributed by atoms with Crippen molar-refractivity contribution in [1.82, 2.24) is 4.98 Å². The number of carbonyl (C=O) groups excluding carboxylic acids is 2. The molecule has 0 unspecified atom stereocenters. The maximum absolute atomic E-state index is 12.5. The first-order chi connectivity index (χ1) is 14.4. The number of hydrogen-bond acceptors (Lipinski definition) is 4. The van der Waals surface area contributed by atoms with Crippen molar-refractivity contribution in [1.29, 1.82) is 0 Å². The minimum absolute atomic E-state index is 0.0395. The molecule has 0 aliphatic rings. The molecule has 154 valence electrons. The van der Waals surface area contributed by atoms with Crippen molar-refractivity contribution < 1.29 is 14.7 Å². The number of halogens is 1. The van der Waals surface area contributed by atoms with Crippen molar-refractivity contribution in [3.63, 3.8) is 0 Å². The van der Waals surface area contributed by atoms with Gasteiger partial charge >= 0.3 is 0 Å². The predicted octanol–water partition coefficient (Wildman–Crippen LogP) is 5.30. The molecule has 1 N–H and O–H groups in total. The van der Waals surface area contributed by atoms with Gasteiger partial charge in [0.05, 0.1) is 5.56 Å². The molecule has 6 heteroatoms. The van der Waals surface area contributed by atoms with Crippen LogP contribution in [0.1, 0.15) is 35.7 Å². The summed E-state index contributed by atoms with van der Waals surface area (Å²) in [7, 11) is 1.74. The Morgan fingerprint density at radius 3 is 2.33 bits per heavy atom. The lowest BCUT2D eigenvalue weighted by Crippen LogP contribution is -2.24. The lowest BCUT2D eigenvalue weighted by atomic mass is 9.98. The largest absolute Gasteiger partial charge is 0.507 e. The Labute approximate surface area is 181 Å². The van der Waals surface area contributed by atoms with Gasteiger partial charge in [-0.3, -0.25) is 9.59 Å². The number of aromatic nitrogens is 1. The first-order valence-electron chi connectivity index (χ1n) is 9.72. The fourth-order valence-corrected chi connectivity index (χ4v) is 3.26. The molecule has 0 bridgehead atoms. The summed E-state index contributed by atoms with van der Waals surface area (Å²) in [5.74, 6) is -0.143. The molecular weight excluding hydrogens is 400 g/mol. The van der Waals surface area contributed by atoms with Crippen LogP contribution in [-0.4, -0.2) is 28.8 Å². The first kappa shape index (κ1) is 21.5. The number of amides is 1. The van der Waals surface area contributed by atoms with Crippen LogP contribution in [0.3, 0.4) is 0 Å². The molecule has 3 rings (SSSR count). The monoisotopic (exact) mass is 422 g/mol. The number of rotatable bonds is 7. The van der Waals surface area contributed by atoms with Crippen molar-refractivity contribution in [2.24, 2.45) is 0 Å². The van der Waals surface area contributed by atoms with Crippen LogP contribution in [0.5, 0.6) is 5.75 Å². The highest BCUT2D eigenvalue weighted by Gasteiger charge is 2.13. The van der Waals surface area contributed by atoms with E-state index in [1.54, 1.807) is 36.3 Å². The van der Waals surface area contributed by atoms with Crippen molar-refractivity contribution >= 4 is 29.0 Å². The van der Waals surface area contributed by atoms with Crippen LogP contribution < -0.4 is 4.90 Å². The second-order valence-electron chi connectivity index (χ2n) is 7.00. The Morgan fingerprint density at radius 2 is 1.73 bits per heavy atom. The van der Waals surface area contributed by atoms with Gasteiger partial charge in [-0.2, -0.15) is 0 Å². The summed E-state index contributed by atoms with van der Waals surface area (Å²) in [5.41, 5.74) is 3.69. The maximum atomic E-state index is 12.5. The topological polar surface area (TPSA) is 70.5 Å². The minimum atomic E-state index is -0.135. The van der Waals surface area contributed by atoms with Crippen molar-refractivity contribution in [2.75, 3.05) is 11.9 Å². The van der Waals surface area contributed by atoms with Gasteiger partial charge in [0, 0.05) is 31.8 Å². The molecule has 5 nitrogen and oxygen atoms in total. The molecule has 0 atom stereocenters. The number of phenolic OH excluding ortho intramolecular Hbond substituents is 1. The number of ketones is 1. The van der Waals surface area contributed by atoms with E-state index in [9.17, 15) is 14.7 Å². The number of aromatic hydroxyl groups is 1. The lowest BCUT2D eigenvalue weighted by molar-refractivity contribution is -0.118. The highest BCUT2D eigenvalue weighted by Crippen LogP contribution is 2.29. The van der Waals surface area contributed by atoms with Gasteiger partial charge in [0.2, 0.25) is 5.91 Å². The van der Waals surface area contributed by atoms with Crippen molar-refractivity contribution in [3.05, 3.63) is 77.1 Å². The molecule has 1 aromatic heterocycles. The number of phenols is 1. The van der Waals surface area contributed by atoms with E-state index >= 15 is 0 Å². The quantitative estimate of drug-likeness (QED) is 0.414. The smallest absolute Gasteiger partial charge is 0.226 e. The average Bonchev–Trinajstić information content (AvgIpc) is 2.77. The predicted molar refractivity (Wildman–Crippen MR) is 119 cm³/mol. The van der Waals surface area contributed by atoms with E-state index in [1.165, 1.54) is 0 Å². The van der Waals surface area contributed by atoms with Crippen LogP contribution in [0.2, 0.25) is 5.15 Å². The van der Waals surface area contributed by atoms with Gasteiger partial charge in [-0.1, -0.05) is 42.8 Å². The van der Waals surface area contributed by atoms with Gasteiger partial charge in [-0.15, -0.1) is 0 Å². The van der Waals surface area contributed by atoms with Crippen LogP contribution in [0.15, 0.2) is 60.8 Å². The number of carbonyl (C=O) groups is 2. The lowest BCUT2D eigenvalue weighted by Gasteiger charge is -2.17. The third-order valence-electron chi connectivity index (χ3n) is 4.99. The summed E-state index contributed by atoms with van der Waals surface area (Å²) in [6.45, 7) is 1.82. The molecule has 0 radical (unpaired) electrons. The fourth-order valence-electron chi connectivity index (χ4n) is 3.15. The van der Waals surface area contributed by atoms with Crippen molar-refractivity contribution in [2.45, 2.75) is 26.2 Å². The van der Waals surface area contributed by atoms with Crippen molar-refractivity contribution in [3.8, 4) is 16.9 Å². The standard InChI is InChI=1S/C24H23ClN2O3/c1-3-24(30)27(2)19-9-6-17(7-10-19)18-8-11-20(22(29)14-18)21(28)12-4-16-5-13-23(25)26-15-16/h5-11,13-15,29H,3-4,12H2,1-2H3. The van der Waals surface area contributed by atoms with E-state index in [1.807, 2.05) is 43.3 Å². The molecular formula is C24H23ClN2O3. The summed E-state index contributed by atoms with van der Waals surface area (Å²) < 4.78 is 0. The zero-order valence-corrected chi connectivity index (χ0v) is 17.7. The number of benzene rings is 2. The Balaban J connectivity index is 1.70. The van der Waals surface area contributed by atoms with Gasteiger partial charge in [-0.05, 0) is 53.4 Å². The molecule has 0 spiro atoms. The van der Waals surface area contributed by atoms with Gasteiger partial charge in [0.15, 0.2) is 5.78 Å². The third-order valence-corrected chi connectivity index (χ3v) is 5.22. The van der Waals surface area contributed by atoms with Gasteiger partial charge in [0.25, 0.3) is 0 Å². The number of aryl methyl sites for hydroxylation is 1. The van der Waals surface area contributed by atoms with E-state index in [0.29, 0.717) is 23.6 Å². The molecule has 2 aromatic carbocycles. The fraction of sp³-hybridized carbons (Fsp3) is 0.208. The van der Waals surface area contributed by atoms with Gasteiger partial charge in [-0.25, -0.2) is 4.98 Å². The SMILES string of the molecule is CCC(=O)N(C)c1ccc(-c2ccc(C(=O)CCc3ccc(Cl)nc3)c(O)c2)cc1. The number of pyridine rings is 1. The Kier molecular flexibility index (Phi) is 6.85. The Morgan fingerprint density at radius 1 is 1.03 bits per heavy atom. The highest BCUT2D eigenvalue weighted by molar-refractivity contribution is 6.29. The van der Waals surface area contributed by atoms with E-state index in [0.717, 1.165) is 22.4 Å². The summed E-state index contributed by atoms with van der Waals surface area (Å²) >= 11 is 5.77. The van der Waals surface area contributed by atoms with Gasteiger partial charge < -0.3 is 10.0 Å².